The number of benzene rings is 1. The number of halogens is 1. The highest BCUT2D eigenvalue weighted by Crippen LogP contribution is 2.13. The standard InChI is InChI=1S/C22H36N6O.HI/c1-19(29)28-15-13-26(14-16-28)12-9-24-22(23-2)25-17-20-5-7-21(8-6-20)18-27-10-3-4-11-27;/h5-8H,3-4,9-18H2,1-2H3,(H2,23,24,25);1H. The lowest BCUT2D eigenvalue weighted by atomic mass is 10.1. The SMILES string of the molecule is CN=C(NCCN1CCN(C(C)=O)CC1)NCc1ccc(CN2CCCC2)cc1.I. The van der Waals surface area contributed by atoms with Crippen molar-refractivity contribution < 1.29 is 4.79 Å². The lowest BCUT2D eigenvalue weighted by molar-refractivity contribution is -0.130. The van der Waals surface area contributed by atoms with E-state index in [2.05, 4.69) is 49.7 Å². The smallest absolute Gasteiger partial charge is 0.219 e. The van der Waals surface area contributed by atoms with E-state index in [9.17, 15) is 4.79 Å². The topological polar surface area (TPSA) is 63.2 Å². The second-order valence-corrected chi connectivity index (χ2v) is 8.00. The zero-order valence-electron chi connectivity index (χ0n) is 18.4. The molecule has 2 aliphatic rings. The van der Waals surface area contributed by atoms with E-state index in [0.29, 0.717) is 0 Å². The Bertz CT molecular complexity index is 667. The highest BCUT2D eigenvalue weighted by Gasteiger charge is 2.18. The van der Waals surface area contributed by atoms with Gasteiger partial charge < -0.3 is 15.5 Å². The van der Waals surface area contributed by atoms with Crippen molar-refractivity contribution in [3.63, 3.8) is 0 Å². The Hall–Kier alpha value is -1.39. The van der Waals surface area contributed by atoms with Crippen molar-refractivity contribution in [2.75, 3.05) is 59.4 Å². The molecule has 0 unspecified atom stereocenters. The van der Waals surface area contributed by atoms with Gasteiger partial charge in [0, 0.05) is 66.3 Å². The largest absolute Gasteiger partial charge is 0.355 e. The van der Waals surface area contributed by atoms with Crippen molar-refractivity contribution in [3.8, 4) is 0 Å². The summed E-state index contributed by atoms with van der Waals surface area (Å²) in [4.78, 5) is 22.6. The number of likely N-dealkylation sites (tertiary alicyclic amines) is 1. The third kappa shape index (κ3) is 8.03. The quantitative estimate of drug-likeness (QED) is 0.321. The van der Waals surface area contributed by atoms with Crippen LogP contribution in [0.25, 0.3) is 0 Å². The molecule has 0 aliphatic carbocycles. The van der Waals surface area contributed by atoms with Gasteiger partial charge in [-0.25, -0.2) is 0 Å². The highest BCUT2D eigenvalue weighted by molar-refractivity contribution is 14.0. The van der Waals surface area contributed by atoms with Crippen LogP contribution in [0, 0.1) is 0 Å². The Morgan fingerprint density at radius 3 is 2.17 bits per heavy atom. The summed E-state index contributed by atoms with van der Waals surface area (Å²) in [5.74, 6) is 1.00. The van der Waals surface area contributed by atoms with E-state index in [1.807, 2.05) is 4.90 Å². The number of nitrogens with zero attached hydrogens (tertiary/aromatic N) is 4. The molecule has 2 heterocycles. The van der Waals surface area contributed by atoms with Crippen molar-refractivity contribution in [1.82, 2.24) is 25.3 Å². The van der Waals surface area contributed by atoms with Crippen LogP contribution in [-0.2, 0) is 17.9 Å². The summed E-state index contributed by atoms with van der Waals surface area (Å²) in [7, 11) is 1.81. The molecule has 0 saturated carbocycles. The molecular weight excluding hydrogens is 491 g/mol. The van der Waals surface area contributed by atoms with Gasteiger partial charge in [-0.3, -0.25) is 19.6 Å². The Morgan fingerprint density at radius 2 is 1.57 bits per heavy atom. The normalized spacial score (nSPS) is 18.2. The summed E-state index contributed by atoms with van der Waals surface area (Å²) in [6.45, 7) is 11.3. The number of hydrogen-bond donors (Lipinski definition) is 2. The van der Waals surface area contributed by atoms with Gasteiger partial charge in [-0.2, -0.15) is 0 Å². The molecule has 7 nitrogen and oxygen atoms in total. The predicted octanol–water partition coefficient (Wildman–Crippen LogP) is 1.73. The molecule has 1 aromatic rings. The van der Waals surface area contributed by atoms with Crippen LogP contribution in [0.15, 0.2) is 29.3 Å². The number of carbonyl (C=O) groups is 1. The van der Waals surface area contributed by atoms with Gasteiger partial charge in [0.15, 0.2) is 5.96 Å². The predicted molar refractivity (Wildman–Crippen MR) is 133 cm³/mol. The van der Waals surface area contributed by atoms with E-state index in [1.54, 1.807) is 14.0 Å². The Kier molecular flexibility index (Phi) is 10.9. The van der Waals surface area contributed by atoms with E-state index < -0.39 is 0 Å². The molecule has 2 saturated heterocycles. The van der Waals surface area contributed by atoms with Gasteiger partial charge in [-0.05, 0) is 37.1 Å². The van der Waals surface area contributed by atoms with Crippen molar-refractivity contribution in [2.45, 2.75) is 32.9 Å². The van der Waals surface area contributed by atoms with E-state index in [4.69, 9.17) is 0 Å². The first-order valence-corrected chi connectivity index (χ1v) is 10.9. The lowest BCUT2D eigenvalue weighted by Crippen LogP contribution is -2.50. The number of piperazine rings is 1. The first-order valence-electron chi connectivity index (χ1n) is 10.9. The fourth-order valence-corrected chi connectivity index (χ4v) is 3.99. The van der Waals surface area contributed by atoms with Gasteiger partial charge in [0.1, 0.15) is 0 Å². The molecule has 1 amide bonds. The summed E-state index contributed by atoms with van der Waals surface area (Å²) in [6, 6.07) is 8.90. The molecule has 3 rings (SSSR count). The van der Waals surface area contributed by atoms with Crippen LogP contribution in [-0.4, -0.2) is 86.0 Å². The van der Waals surface area contributed by atoms with Crippen LogP contribution in [0.5, 0.6) is 0 Å². The van der Waals surface area contributed by atoms with Crippen molar-refractivity contribution in [1.29, 1.82) is 0 Å². The first-order chi connectivity index (χ1) is 14.1. The molecule has 8 heteroatoms. The van der Waals surface area contributed by atoms with Gasteiger partial charge in [-0.1, -0.05) is 24.3 Å². The number of amides is 1. The van der Waals surface area contributed by atoms with Crippen molar-refractivity contribution in [2.24, 2.45) is 4.99 Å². The molecule has 30 heavy (non-hydrogen) atoms. The van der Waals surface area contributed by atoms with Gasteiger partial charge in [0.25, 0.3) is 0 Å². The molecule has 1 aromatic carbocycles. The number of aliphatic imine (C=N–C) groups is 1. The first kappa shape index (κ1) is 24.9. The molecule has 0 spiro atoms. The van der Waals surface area contributed by atoms with Gasteiger partial charge in [0.2, 0.25) is 5.91 Å². The van der Waals surface area contributed by atoms with E-state index in [1.165, 1.54) is 37.1 Å². The minimum atomic E-state index is 0. The van der Waals surface area contributed by atoms with E-state index in [-0.39, 0.29) is 29.9 Å². The Morgan fingerprint density at radius 1 is 0.933 bits per heavy atom. The van der Waals surface area contributed by atoms with Gasteiger partial charge in [-0.15, -0.1) is 24.0 Å². The summed E-state index contributed by atoms with van der Waals surface area (Å²) in [5.41, 5.74) is 2.65. The maximum Gasteiger partial charge on any atom is 0.219 e. The molecule has 2 N–H and O–H groups in total. The average Bonchev–Trinajstić information content (AvgIpc) is 3.25. The number of guanidine groups is 1. The van der Waals surface area contributed by atoms with Crippen LogP contribution in [0.3, 0.4) is 0 Å². The maximum absolute atomic E-state index is 11.4. The fourth-order valence-electron chi connectivity index (χ4n) is 3.99. The number of hydrogen-bond acceptors (Lipinski definition) is 4. The zero-order chi connectivity index (χ0) is 20.5. The van der Waals surface area contributed by atoms with E-state index >= 15 is 0 Å². The molecule has 0 atom stereocenters. The summed E-state index contributed by atoms with van der Waals surface area (Å²) in [6.07, 6.45) is 2.67. The van der Waals surface area contributed by atoms with Crippen LogP contribution in [0.1, 0.15) is 30.9 Å². The molecule has 0 aromatic heterocycles. The molecular formula is C22H37IN6O. The second kappa shape index (κ2) is 13.1. The Labute approximate surface area is 198 Å². The molecule has 168 valence electrons. The van der Waals surface area contributed by atoms with Crippen LogP contribution in [0.4, 0.5) is 0 Å². The molecule has 2 fully saturated rings. The summed E-state index contributed by atoms with van der Waals surface area (Å²) >= 11 is 0. The molecule has 2 aliphatic heterocycles. The monoisotopic (exact) mass is 528 g/mol. The Balaban J connectivity index is 0.00000320. The average molecular weight is 528 g/mol. The number of rotatable bonds is 7. The highest BCUT2D eigenvalue weighted by atomic mass is 127. The minimum Gasteiger partial charge on any atom is -0.355 e. The van der Waals surface area contributed by atoms with Gasteiger partial charge in [0.05, 0.1) is 0 Å². The zero-order valence-corrected chi connectivity index (χ0v) is 20.7. The van der Waals surface area contributed by atoms with Crippen LogP contribution in [0.2, 0.25) is 0 Å². The molecule has 0 bridgehead atoms. The maximum atomic E-state index is 11.4. The van der Waals surface area contributed by atoms with E-state index in [0.717, 1.165) is 58.3 Å². The van der Waals surface area contributed by atoms with Crippen molar-refractivity contribution in [3.05, 3.63) is 35.4 Å². The summed E-state index contributed by atoms with van der Waals surface area (Å²) in [5, 5.41) is 6.79. The lowest BCUT2D eigenvalue weighted by Gasteiger charge is -2.34. The minimum absolute atomic E-state index is 0. The molecule has 0 radical (unpaired) electrons. The third-order valence-electron chi connectivity index (χ3n) is 5.85. The second-order valence-electron chi connectivity index (χ2n) is 8.00. The fraction of sp³-hybridized carbons (Fsp3) is 0.636. The van der Waals surface area contributed by atoms with Crippen LogP contribution < -0.4 is 10.6 Å². The van der Waals surface area contributed by atoms with Crippen molar-refractivity contribution >= 4 is 35.8 Å². The third-order valence-corrected chi connectivity index (χ3v) is 5.85. The number of carbonyl (C=O) groups excluding carboxylic acids is 1. The van der Waals surface area contributed by atoms with Gasteiger partial charge >= 0.3 is 0 Å². The van der Waals surface area contributed by atoms with Crippen LogP contribution >= 0.6 is 24.0 Å². The summed E-state index contributed by atoms with van der Waals surface area (Å²) < 4.78 is 0. The number of nitrogens with one attached hydrogen (secondary N) is 2.